The van der Waals surface area contributed by atoms with Crippen molar-refractivity contribution in [3.63, 3.8) is 0 Å². The molecular weight excluding hydrogens is 263 g/mol. The van der Waals surface area contributed by atoms with Crippen LogP contribution in [-0.2, 0) is 9.53 Å². The van der Waals surface area contributed by atoms with Crippen LogP contribution in [0.1, 0.15) is 60.3 Å². The average Bonchev–Trinajstić information content (AvgIpc) is 2.17. The molecule has 1 saturated carbocycles. The standard InChI is InChI=1S/C11H20O2.C4H9.CH3.K/c1-9-4-6-10(7-5-9)11(2,3)13-8-12;1-4(2)3;;/h8-10H,4-7H2,1-3H3;4H,1H2,2-3H3;1H3;/q;2*-1;+1. The van der Waals surface area contributed by atoms with Gasteiger partial charge in [0.1, 0.15) is 5.60 Å². The SMILES string of the molecule is CC1CCC(C(C)(C)OC=O)CC1.[CH2-]C(C)C.[CH3-].[K+]. The topological polar surface area (TPSA) is 26.3 Å². The molecule has 1 rings (SSSR count). The predicted octanol–water partition coefficient (Wildman–Crippen LogP) is 1.70. The summed E-state index contributed by atoms with van der Waals surface area (Å²) in [5.74, 6) is 1.98. The second-order valence-corrected chi connectivity index (χ2v) is 6.17. The molecule has 19 heavy (non-hydrogen) atoms. The van der Waals surface area contributed by atoms with Gasteiger partial charge in [0, 0.05) is 0 Å². The van der Waals surface area contributed by atoms with Crippen molar-refractivity contribution in [1.29, 1.82) is 0 Å². The van der Waals surface area contributed by atoms with Crippen LogP contribution in [0.4, 0.5) is 0 Å². The molecule has 0 unspecified atom stereocenters. The summed E-state index contributed by atoms with van der Waals surface area (Å²) in [6.07, 6.45) is 4.94. The molecule has 0 aromatic heterocycles. The van der Waals surface area contributed by atoms with Crippen molar-refractivity contribution in [1.82, 2.24) is 0 Å². The van der Waals surface area contributed by atoms with Gasteiger partial charge in [-0.05, 0) is 38.5 Å². The monoisotopic (exact) mass is 295 g/mol. The fourth-order valence-electron chi connectivity index (χ4n) is 2.18. The number of ether oxygens (including phenoxy) is 1. The normalized spacial score (nSPS) is 22.3. The van der Waals surface area contributed by atoms with Gasteiger partial charge in [-0.1, -0.05) is 33.6 Å². The second-order valence-electron chi connectivity index (χ2n) is 6.17. The smallest absolute Gasteiger partial charge is 0.462 e. The Morgan fingerprint density at radius 3 is 1.89 bits per heavy atom. The Hall–Kier alpha value is 1.11. The van der Waals surface area contributed by atoms with Crippen molar-refractivity contribution in [3.8, 4) is 0 Å². The van der Waals surface area contributed by atoms with E-state index in [9.17, 15) is 4.79 Å². The summed E-state index contributed by atoms with van der Waals surface area (Å²) < 4.78 is 5.12. The molecule has 3 heteroatoms. The zero-order chi connectivity index (χ0) is 13.5. The number of hydrogen-bond donors (Lipinski definition) is 0. The van der Waals surface area contributed by atoms with E-state index in [0.29, 0.717) is 18.3 Å². The maximum atomic E-state index is 10.3. The van der Waals surface area contributed by atoms with Gasteiger partial charge in [-0.3, -0.25) is 4.79 Å². The molecule has 2 nitrogen and oxygen atoms in total. The van der Waals surface area contributed by atoms with Crippen LogP contribution in [0.15, 0.2) is 0 Å². The van der Waals surface area contributed by atoms with Crippen LogP contribution >= 0.6 is 0 Å². The maximum Gasteiger partial charge on any atom is 1.00 e. The number of carbonyl (C=O) groups is 1. The minimum atomic E-state index is -0.262. The third-order valence-electron chi connectivity index (χ3n) is 3.35. The first-order valence-electron chi connectivity index (χ1n) is 6.74. The van der Waals surface area contributed by atoms with Gasteiger partial charge in [0.25, 0.3) is 6.47 Å². The van der Waals surface area contributed by atoms with Crippen LogP contribution in [0, 0.1) is 32.1 Å². The van der Waals surface area contributed by atoms with Crippen molar-refractivity contribution >= 4 is 6.47 Å². The molecule has 0 saturated heterocycles. The summed E-state index contributed by atoms with van der Waals surface area (Å²) in [5, 5.41) is 0. The van der Waals surface area contributed by atoms with Crippen molar-refractivity contribution in [3.05, 3.63) is 14.4 Å². The van der Waals surface area contributed by atoms with E-state index in [0.717, 1.165) is 5.92 Å². The molecule has 1 fully saturated rings. The van der Waals surface area contributed by atoms with Crippen LogP contribution < -0.4 is 51.4 Å². The Balaban J connectivity index is -0.000000379. The van der Waals surface area contributed by atoms with Crippen molar-refractivity contribution in [2.24, 2.45) is 17.8 Å². The summed E-state index contributed by atoms with van der Waals surface area (Å²) in [4.78, 5) is 10.3. The Morgan fingerprint density at radius 1 is 1.21 bits per heavy atom. The summed E-state index contributed by atoms with van der Waals surface area (Å²) in [5.41, 5.74) is -0.262. The van der Waals surface area contributed by atoms with E-state index in [1.54, 1.807) is 0 Å². The zero-order valence-electron chi connectivity index (χ0n) is 14.2. The first kappa shape index (κ1) is 25.1. The van der Waals surface area contributed by atoms with Crippen LogP contribution in [0.5, 0.6) is 0 Å². The first-order valence-corrected chi connectivity index (χ1v) is 6.74. The van der Waals surface area contributed by atoms with Gasteiger partial charge in [-0.25, -0.2) is 0 Å². The fourth-order valence-corrected chi connectivity index (χ4v) is 2.18. The molecule has 0 spiro atoms. The molecule has 0 N–H and O–H groups in total. The molecule has 110 valence electrons. The van der Waals surface area contributed by atoms with Gasteiger partial charge >= 0.3 is 51.4 Å². The van der Waals surface area contributed by atoms with Gasteiger partial charge in [-0.2, -0.15) is 5.92 Å². The van der Waals surface area contributed by atoms with E-state index in [1.165, 1.54) is 25.7 Å². The fraction of sp³-hybridized carbons (Fsp3) is 0.812. The molecule has 0 aliphatic heterocycles. The average molecular weight is 296 g/mol. The summed E-state index contributed by atoms with van der Waals surface area (Å²) in [6.45, 7) is 14.7. The van der Waals surface area contributed by atoms with Gasteiger partial charge in [-0.15, -0.1) is 0 Å². The van der Waals surface area contributed by atoms with Crippen LogP contribution in [0.3, 0.4) is 0 Å². The van der Waals surface area contributed by atoms with E-state index in [-0.39, 0.29) is 64.4 Å². The quantitative estimate of drug-likeness (QED) is 0.450. The third-order valence-corrected chi connectivity index (χ3v) is 3.35. The Bertz CT molecular complexity index is 204. The van der Waals surface area contributed by atoms with E-state index < -0.39 is 0 Å². The number of rotatable bonds is 3. The molecule has 0 amide bonds. The van der Waals surface area contributed by atoms with Crippen LogP contribution in [0.2, 0.25) is 0 Å². The number of hydrogen-bond acceptors (Lipinski definition) is 2. The largest absolute Gasteiger partial charge is 1.00 e. The molecule has 1 aliphatic rings. The van der Waals surface area contributed by atoms with Gasteiger partial charge in [0.05, 0.1) is 0 Å². The van der Waals surface area contributed by atoms with E-state index in [1.807, 2.05) is 13.8 Å². The van der Waals surface area contributed by atoms with Crippen LogP contribution in [0.25, 0.3) is 0 Å². The molecular formula is C16H32KO2-. The summed E-state index contributed by atoms with van der Waals surface area (Å²) in [6, 6.07) is 0. The van der Waals surface area contributed by atoms with E-state index >= 15 is 0 Å². The van der Waals surface area contributed by atoms with Crippen molar-refractivity contribution in [2.45, 2.75) is 65.9 Å². The summed E-state index contributed by atoms with van der Waals surface area (Å²) >= 11 is 0. The minimum absolute atomic E-state index is 0. The van der Waals surface area contributed by atoms with Gasteiger partial charge in [0.2, 0.25) is 0 Å². The maximum absolute atomic E-state index is 10.3. The molecule has 0 atom stereocenters. The van der Waals surface area contributed by atoms with Crippen molar-refractivity contribution in [2.75, 3.05) is 0 Å². The molecule has 0 aromatic rings. The van der Waals surface area contributed by atoms with E-state index in [2.05, 4.69) is 27.7 Å². The Kier molecular flexibility index (Phi) is 16.9. The Morgan fingerprint density at radius 2 is 1.58 bits per heavy atom. The summed E-state index contributed by atoms with van der Waals surface area (Å²) in [7, 11) is 0. The second kappa shape index (κ2) is 12.8. The zero-order valence-corrected chi connectivity index (χ0v) is 17.3. The predicted molar refractivity (Wildman–Crippen MR) is 79.0 cm³/mol. The van der Waals surface area contributed by atoms with Gasteiger partial charge < -0.3 is 19.1 Å². The molecule has 1 aliphatic carbocycles. The molecule has 0 aromatic carbocycles. The molecule has 0 bridgehead atoms. The minimum Gasteiger partial charge on any atom is -0.462 e. The number of carbonyl (C=O) groups excluding carboxylic acids is 1. The van der Waals surface area contributed by atoms with Crippen molar-refractivity contribution < 1.29 is 60.9 Å². The van der Waals surface area contributed by atoms with E-state index in [4.69, 9.17) is 4.74 Å². The van der Waals surface area contributed by atoms with Gasteiger partial charge in [0.15, 0.2) is 0 Å². The third kappa shape index (κ3) is 12.6. The first-order chi connectivity index (χ1) is 7.79. The Labute approximate surface area is 163 Å². The molecule has 0 radical (unpaired) electrons. The molecule has 0 heterocycles. The van der Waals surface area contributed by atoms with Crippen LogP contribution in [-0.4, -0.2) is 12.1 Å².